The van der Waals surface area contributed by atoms with Crippen molar-refractivity contribution in [3.63, 3.8) is 0 Å². The Hall–Kier alpha value is -0.330. The van der Waals surface area contributed by atoms with Gasteiger partial charge < -0.3 is 0 Å². The van der Waals surface area contributed by atoms with Crippen molar-refractivity contribution in [2.75, 3.05) is 0 Å². The van der Waals surface area contributed by atoms with Crippen LogP contribution in [0.2, 0.25) is 0 Å². The minimum absolute atomic E-state index is 0.163. The summed E-state index contributed by atoms with van der Waals surface area (Å²) < 4.78 is 27.1. The van der Waals surface area contributed by atoms with Crippen LogP contribution >= 0.6 is 43.2 Å². The van der Waals surface area contributed by atoms with Crippen molar-refractivity contribution in [1.82, 2.24) is 4.98 Å². The van der Waals surface area contributed by atoms with E-state index in [1.807, 2.05) is 0 Å². The second kappa shape index (κ2) is 4.27. The van der Waals surface area contributed by atoms with Gasteiger partial charge in [-0.1, -0.05) is 0 Å². The van der Waals surface area contributed by atoms with Crippen LogP contribution in [-0.2, 0) is 0 Å². The molecule has 0 radical (unpaired) electrons. The largest absolute Gasteiger partial charge is 0.229 e. The molecule has 0 saturated heterocycles. The van der Waals surface area contributed by atoms with Crippen LogP contribution in [0.3, 0.4) is 0 Å². The first-order valence-corrected chi connectivity index (χ1v) is 6.31. The molecule has 1 heterocycles. The molecule has 15 heavy (non-hydrogen) atoms. The Bertz CT molecular complexity index is 513. The molecule has 0 bridgehead atoms. The molecule has 0 fully saturated rings. The average Bonchev–Trinajstić information content (AvgIpc) is 2.61. The van der Waals surface area contributed by atoms with Gasteiger partial charge in [-0.3, -0.25) is 0 Å². The third-order valence-corrected chi connectivity index (χ3v) is 3.88. The quantitative estimate of drug-likeness (QED) is 0.681. The summed E-state index contributed by atoms with van der Waals surface area (Å²) in [4.78, 5) is 4.06. The zero-order chi connectivity index (χ0) is 11.0. The molecule has 78 valence electrons. The Morgan fingerprint density at radius 1 is 1.20 bits per heavy atom. The van der Waals surface area contributed by atoms with Crippen molar-refractivity contribution in [3.05, 3.63) is 37.5 Å². The first-order valence-electron chi connectivity index (χ1n) is 3.84. The Balaban J connectivity index is 2.59. The van der Waals surface area contributed by atoms with E-state index >= 15 is 0 Å². The number of rotatable bonds is 1. The Morgan fingerprint density at radius 3 is 2.53 bits per heavy atom. The molecular weight excluding hydrogens is 352 g/mol. The maximum atomic E-state index is 13.6. The summed E-state index contributed by atoms with van der Waals surface area (Å²) in [5.74, 6) is -1.25. The van der Waals surface area contributed by atoms with Gasteiger partial charge in [0.05, 0.1) is 10.2 Å². The number of hydrogen-bond donors (Lipinski definition) is 0. The van der Waals surface area contributed by atoms with Crippen LogP contribution in [0.15, 0.2) is 25.9 Å². The molecule has 0 N–H and O–H groups in total. The van der Waals surface area contributed by atoms with Crippen LogP contribution in [0.1, 0.15) is 0 Å². The Labute approximate surface area is 105 Å². The fraction of sp³-hybridized carbons (Fsp3) is 0. The van der Waals surface area contributed by atoms with Gasteiger partial charge in [0.2, 0.25) is 0 Å². The molecule has 0 saturated carbocycles. The van der Waals surface area contributed by atoms with Crippen molar-refractivity contribution in [1.29, 1.82) is 0 Å². The lowest BCUT2D eigenvalue weighted by molar-refractivity contribution is 0.574. The van der Waals surface area contributed by atoms with E-state index in [1.165, 1.54) is 23.5 Å². The smallest absolute Gasteiger partial charge is 0.159 e. The third kappa shape index (κ3) is 2.11. The van der Waals surface area contributed by atoms with Crippen molar-refractivity contribution < 1.29 is 8.78 Å². The predicted molar refractivity (Wildman–Crippen MR) is 62.9 cm³/mol. The molecule has 0 aliphatic rings. The summed E-state index contributed by atoms with van der Waals surface area (Å²) in [7, 11) is 0. The van der Waals surface area contributed by atoms with Crippen LogP contribution in [-0.4, -0.2) is 4.98 Å². The van der Waals surface area contributed by atoms with E-state index in [2.05, 4.69) is 36.8 Å². The fourth-order valence-corrected chi connectivity index (χ4v) is 2.46. The number of hydrogen-bond acceptors (Lipinski definition) is 2. The summed E-state index contributed by atoms with van der Waals surface area (Å²) in [5.41, 5.74) is 0.773. The molecule has 1 nitrogen and oxygen atoms in total. The molecular formula is C9H3Br2F2NS. The highest BCUT2D eigenvalue weighted by molar-refractivity contribution is 9.11. The SMILES string of the molecule is Fc1ccc(-c2csc(Br)n2)c(F)c1Br. The molecule has 0 aliphatic carbocycles. The van der Waals surface area contributed by atoms with E-state index in [0.29, 0.717) is 9.61 Å². The topological polar surface area (TPSA) is 12.9 Å². The number of nitrogens with zero attached hydrogens (tertiary/aromatic N) is 1. The highest BCUT2D eigenvalue weighted by Gasteiger charge is 2.14. The van der Waals surface area contributed by atoms with E-state index in [9.17, 15) is 8.78 Å². The normalized spacial score (nSPS) is 10.7. The predicted octanol–water partition coefficient (Wildman–Crippen LogP) is 4.61. The maximum absolute atomic E-state index is 13.6. The number of thiazole rings is 1. The summed E-state index contributed by atoms with van der Waals surface area (Å²) >= 11 is 7.38. The van der Waals surface area contributed by atoms with Crippen LogP contribution in [0.5, 0.6) is 0 Å². The molecule has 0 amide bonds. The number of halogens is 4. The Kier molecular flexibility index (Phi) is 3.18. The van der Waals surface area contributed by atoms with Crippen LogP contribution in [0.25, 0.3) is 11.3 Å². The van der Waals surface area contributed by atoms with Crippen LogP contribution in [0.4, 0.5) is 8.78 Å². The van der Waals surface area contributed by atoms with Gasteiger partial charge in [0.25, 0.3) is 0 Å². The van der Waals surface area contributed by atoms with E-state index in [1.54, 1.807) is 5.38 Å². The Morgan fingerprint density at radius 2 is 1.93 bits per heavy atom. The second-order valence-corrected chi connectivity index (χ2v) is 5.64. The fourth-order valence-electron chi connectivity index (χ4n) is 1.10. The first kappa shape index (κ1) is 11.2. The molecule has 0 atom stereocenters. The minimum Gasteiger partial charge on any atom is -0.229 e. The summed E-state index contributed by atoms with van der Waals surface area (Å²) in [6.07, 6.45) is 0. The monoisotopic (exact) mass is 353 g/mol. The van der Waals surface area contributed by atoms with Gasteiger partial charge in [-0.2, -0.15) is 0 Å². The van der Waals surface area contributed by atoms with Gasteiger partial charge in [0.15, 0.2) is 3.92 Å². The van der Waals surface area contributed by atoms with Crippen LogP contribution in [0, 0.1) is 11.6 Å². The summed E-state index contributed by atoms with van der Waals surface area (Å²) in [6.45, 7) is 0. The molecule has 0 unspecified atom stereocenters. The lowest BCUT2D eigenvalue weighted by Gasteiger charge is -2.02. The highest BCUT2D eigenvalue weighted by Crippen LogP contribution is 2.31. The lowest BCUT2D eigenvalue weighted by atomic mass is 10.1. The zero-order valence-electron chi connectivity index (χ0n) is 7.10. The lowest BCUT2D eigenvalue weighted by Crippen LogP contribution is -1.89. The van der Waals surface area contributed by atoms with Gasteiger partial charge >= 0.3 is 0 Å². The van der Waals surface area contributed by atoms with Crippen molar-refractivity contribution in [3.8, 4) is 11.3 Å². The zero-order valence-corrected chi connectivity index (χ0v) is 11.1. The molecule has 1 aromatic heterocycles. The first-order chi connectivity index (χ1) is 7.09. The summed E-state index contributed by atoms with van der Waals surface area (Å²) in [5, 5.41) is 1.70. The summed E-state index contributed by atoms with van der Waals surface area (Å²) in [6, 6.07) is 2.58. The van der Waals surface area contributed by atoms with E-state index in [4.69, 9.17) is 0 Å². The molecule has 0 aliphatic heterocycles. The van der Waals surface area contributed by atoms with Crippen molar-refractivity contribution in [2.24, 2.45) is 0 Å². The van der Waals surface area contributed by atoms with Crippen molar-refractivity contribution >= 4 is 43.2 Å². The molecule has 2 aromatic rings. The minimum atomic E-state index is -0.632. The second-order valence-electron chi connectivity index (χ2n) is 2.71. The van der Waals surface area contributed by atoms with E-state index < -0.39 is 11.6 Å². The van der Waals surface area contributed by atoms with E-state index in [-0.39, 0.29) is 10.0 Å². The van der Waals surface area contributed by atoms with Crippen LogP contribution < -0.4 is 0 Å². The highest BCUT2D eigenvalue weighted by atomic mass is 79.9. The maximum Gasteiger partial charge on any atom is 0.159 e. The van der Waals surface area contributed by atoms with Gasteiger partial charge in [-0.05, 0) is 44.0 Å². The van der Waals surface area contributed by atoms with Gasteiger partial charge in [-0.15, -0.1) is 11.3 Å². The molecule has 0 spiro atoms. The number of aromatic nitrogens is 1. The van der Waals surface area contributed by atoms with Gasteiger partial charge in [0.1, 0.15) is 11.6 Å². The van der Waals surface area contributed by atoms with Crippen molar-refractivity contribution in [2.45, 2.75) is 0 Å². The molecule has 1 aromatic carbocycles. The van der Waals surface area contributed by atoms with Gasteiger partial charge in [0, 0.05) is 10.9 Å². The van der Waals surface area contributed by atoms with Gasteiger partial charge in [-0.25, -0.2) is 13.8 Å². The standard InChI is InChI=1S/C9H3Br2F2NS/c10-7-5(12)2-1-4(8(7)13)6-3-15-9(11)14-6/h1-3H. The average molecular weight is 355 g/mol. The molecule has 2 rings (SSSR count). The third-order valence-electron chi connectivity index (χ3n) is 1.79. The number of benzene rings is 1. The molecule has 6 heteroatoms. The van der Waals surface area contributed by atoms with E-state index in [0.717, 1.165) is 0 Å².